The summed E-state index contributed by atoms with van der Waals surface area (Å²) in [6.07, 6.45) is 2.53. The zero-order valence-electron chi connectivity index (χ0n) is 11.0. The molecule has 0 radical (unpaired) electrons. The quantitative estimate of drug-likeness (QED) is 0.729. The minimum absolute atomic E-state index is 0.679. The summed E-state index contributed by atoms with van der Waals surface area (Å²) in [5, 5.41) is 3.45. The van der Waals surface area contributed by atoms with E-state index < -0.39 is 0 Å². The maximum atomic E-state index is 5.88. The molecular weight excluding hydrogens is 252 g/mol. The highest BCUT2D eigenvalue weighted by Gasteiger charge is 2.06. The third-order valence-electron chi connectivity index (χ3n) is 3.03. The van der Waals surface area contributed by atoms with Gasteiger partial charge in [0.1, 0.15) is 0 Å². The molecule has 0 aliphatic carbocycles. The largest absolute Gasteiger partial charge is 0.311 e. The SMILES string of the molecule is CCCC(C)N(C)CCNCc1ccc(Cl)s1. The van der Waals surface area contributed by atoms with Gasteiger partial charge in [0, 0.05) is 30.6 Å². The molecule has 0 saturated carbocycles. The van der Waals surface area contributed by atoms with Crippen LogP contribution in [0.15, 0.2) is 12.1 Å². The van der Waals surface area contributed by atoms with Crippen molar-refractivity contribution in [1.82, 2.24) is 10.2 Å². The van der Waals surface area contributed by atoms with Crippen LogP contribution in [0.3, 0.4) is 0 Å². The topological polar surface area (TPSA) is 15.3 Å². The van der Waals surface area contributed by atoms with Crippen LogP contribution in [-0.4, -0.2) is 31.1 Å². The summed E-state index contributed by atoms with van der Waals surface area (Å²) in [6, 6.07) is 4.72. The highest BCUT2D eigenvalue weighted by molar-refractivity contribution is 7.16. The number of nitrogens with zero attached hydrogens (tertiary/aromatic N) is 1. The van der Waals surface area contributed by atoms with Crippen molar-refractivity contribution in [3.63, 3.8) is 0 Å². The second kappa shape index (κ2) is 8.09. The molecule has 0 saturated heterocycles. The molecule has 0 spiro atoms. The lowest BCUT2D eigenvalue weighted by molar-refractivity contribution is 0.245. The van der Waals surface area contributed by atoms with E-state index in [0.29, 0.717) is 6.04 Å². The van der Waals surface area contributed by atoms with E-state index >= 15 is 0 Å². The highest BCUT2D eigenvalue weighted by atomic mass is 35.5. The van der Waals surface area contributed by atoms with Crippen LogP contribution in [0.5, 0.6) is 0 Å². The molecule has 0 aromatic carbocycles. The van der Waals surface area contributed by atoms with E-state index in [1.54, 1.807) is 11.3 Å². The molecule has 1 unspecified atom stereocenters. The smallest absolute Gasteiger partial charge is 0.0931 e. The maximum Gasteiger partial charge on any atom is 0.0931 e. The van der Waals surface area contributed by atoms with Crippen LogP contribution in [0.1, 0.15) is 31.6 Å². The van der Waals surface area contributed by atoms with E-state index in [9.17, 15) is 0 Å². The molecule has 2 nitrogen and oxygen atoms in total. The summed E-state index contributed by atoms with van der Waals surface area (Å²) < 4.78 is 0.871. The number of hydrogen-bond acceptors (Lipinski definition) is 3. The van der Waals surface area contributed by atoms with Gasteiger partial charge in [0.05, 0.1) is 4.34 Å². The predicted octanol–water partition coefficient (Wildman–Crippen LogP) is 3.61. The summed E-state index contributed by atoms with van der Waals surface area (Å²) >= 11 is 7.53. The van der Waals surface area contributed by atoms with Gasteiger partial charge in [-0.25, -0.2) is 0 Å². The Hall–Kier alpha value is -0.0900. The Bertz CT molecular complexity index is 314. The van der Waals surface area contributed by atoms with Gasteiger partial charge >= 0.3 is 0 Å². The molecule has 98 valence electrons. The standard InChI is InChI=1S/C13H23ClN2S/c1-4-5-11(2)16(3)9-8-15-10-12-6-7-13(14)17-12/h6-7,11,15H,4-5,8-10H2,1-3H3. The summed E-state index contributed by atoms with van der Waals surface area (Å²) in [7, 11) is 2.20. The Morgan fingerprint density at radius 3 is 2.82 bits per heavy atom. The molecule has 4 heteroatoms. The van der Waals surface area contributed by atoms with Gasteiger partial charge in [-0.15, -0.1) is 11.3 Å². The van der Waals surface area contributed by atoms with E-state index in [2.05, 4.69) is 37.2 Å². The fourth-order valence-corrected chi connectivity index (χ4v) is 2.83. The predicted molar refractivity (Wildman–Crippen MR) is 78.0 cm³/mol. The first kappa shape index (κ1) is 15.0. The van der Waals surface area contributed by atoms with E-state index in [1.807, 2.05) is 6.07 Å². The summed E-state index contributed by atoms with van der Waals surface area (Å²) in [6.45, 7) is 7.58. The van der Waals surface area contributed by atoms with E-state index in [4.69, 9.17) is 11.6 Å². The Morgan fingerprint density at radius 1 is 1.47 bits per heavy atom. The van der Waals surface area contributed by atoms with E-state index in [-0.39, 0.29) is 0 Å². The van der Waals surface area contributed by atoms with E-state index in [1.165, 1.54) is 17.7 Å². The van der Waals surface area contributed by atoms with Crippen LogP contribution in [0.2, 0.25) is 4.34 Å². The van der Waals surface area contributed by atoms with Crippen molar-refractivity contribution >= 4 is 22.9 Å². The van der Waals surface area contributed by atoms with Gasteiger partial charge in [-0.1, -0.05) is 24.9 Å². The lowest BCUT2D eigenvalue weighted by atomic mass is 10.2. The molecule has 0 aliphatic rings. The lowest BCUT2D eigenvalue weighted by Crippen LogP contribution is -2.35. The minimum Gasteiger partial charge on any atom is -0.311 e. The van der Waals surface area contributed by atoms with Crippen LogP contribution < -0.4 is 5.32 Å². The first-order chi connectivity index (χ1) is 8.13. The van der Waals surface area contributed by atoms with Gasteiger partial charge < -0.3 is 10.2 Å². The third-order valence-corrected chi connectivity index (χ3v) is 4.26. The molecule has 17 heavy (non-hydrogen) atoms. The molecule has 1 aromatic heterocycles. The minimum atomic E-state index is 0.679. The van der Waals surface area contributed by atoms with Gasteiger partial charge in [0.2, 0.25) is 0 Å². The normalized spacial score (nSPS) is 13.2. The number of halogens is 1. The molecule has 1 atom stereocenters. The Morgan fingerprint density at radius 2 is 2.24 bits per heavy atom. The molecule has 1 aromatic rings. The van der Waals surface area contributed by atoms with Crippen molar-refractivity contribution in [3.05, 3.63) is 21.3 Å². The van der Waals surface area contributed by atoms with Crippen LogP contribution in [0.25, 0.3) is 0 Å². The van der Waals surface area contributed by atoms with Gasteiger partial charge in [-0.05, 0) is 32.5 Å². The van der Waals surface area contributed by atoms with Crippen molar-refractivity contribution < 1.29 is 0 Å². The Labute approximate surface area is 114 Å². The Kier molecular flexibility index (Phi) is 7.12. The van der Waals surface area contributed by atoms with Gasteiger partial charge in [0.25, 0.3) is 0 Å². The van der Waals surface area contributed by atoms with Crippen LogP contribution in [0, 0.1) is 0 Å². The first-order valence-corrected chi connectivity index (χ1v) is 7.48. The van der Waals surface area contributed by atoms with Gasteiger partial charge in [-0.2, -0.15) is 0 Å². The zero-order chi connectivity index (χ0) is 12.7. The van der Waals surface area contributed by atoms with Crippen molar-refractivity contribution in [3.8, 4) is 0 Å². The summed E-state index contributed by atoms with van der Waals surface area (Å²) in [4.78, 5) is 3.72. The number of thiophene rings is 1. The molecule has 1 heterocycles. The fourth-order valence-electron chi connectivity index (χ4n) is 1.77. The van der Waals surface area contributed by atoms with Crippen molar-refractivity contribution in [2.24, 2.45) is 0 Å². The van der Waals surface area contributed by atoms with Crippen molar-refractivity contribution in [1.29, 1.82) is 0 Å². The third kappa shape index (κ3) is 5.87. The average Bonchev–Trinajstić information content (AvgIpc) is 2.70. The summed E-state index contributed by atoms with van der Waals surface area (Å²) in [5.41, 5.74) is 0. The summed E-state index contributed by atoms with van der Waals surface area (Å²) in [5.74, 6) is 0. The van der Waals surface area contributed by atoms with Crippen molar-refractivity contribution in [2.75, 3.05) is 20.1 Å². The molecule has 1 N–H and O–H groups in total. The average molecular weight is 275 g/mol. The zero-order valence-corrected chi connectivity index (χ0v) is 12.6. The van der Waals surface area contributed by atoms with Gasteiger partial charge in [0.15, 0.2) is 0 Å². The monoisotopic (exact) mass is 274 g/mol. The fraction of sp³-hybridized carbons (Fsp3) is 0.692. The molecule has 0 fully saturated rings. The number of hydrogen-bond donors (Lipinski definition) is 1. The second-order valence-electron chi connectivity index (χ2n) is 4.50. The number of likely N-dealkylation sites (N-methyl/N-ethyl adjacent to an activating group) is 1. The van der Waals surface area contributed by atoms with Crippen LogP contribution >= 0.6 is 22.9 Å². The Balaban J connectivity index is 2.11. The molecule has 0 bridgehead atoms. The lowest BCUT2D eigenvalue weighted by Gasteiger charge is -2.24. The molecule has 0 amide bonds. The molecular formula is C13H23ClN2S. The second-order valence-corrected chi connectivity index (χ2v) is 6.30. The maximum absolute atomic E-state index is 5.88. The number of nitrogens with one attached hydrogen (secondary N) is 1. The first-order valence-electron chi connectivity index (χ1n) is 6.28. The highest BCUT2D eigenvalue weighted by Crippen LogP contribution is 2.20. The van der Waals surface area contributed by atoms with Crippen molar-refractivity contribution in [2.45, 2.75) is 39.3 Å². The van der Waals surface area contributed by atoms with E-state index in [0.717, 1.165) is 24.0 Å². The van der Waals surface area contributed by atoms with Gasteiger partial charge in [-0.3, -0.25) is 0 Å². The van der Waals surface area contributed by atoms with Crippen LogP contribution in [0.4, 0.5) is 0 Å². The number of rotatable bonds is 8. The molecule has 1 rings (SSSR count). The molecule has 0 aliphatic heterocycles. The van der Waals surface area contributed by atoms with Crippen LogP contribution in [-0.2, 0) is 6.54 Å².